The zero-order valence-corrected chi connectivity index (χ0v) is 17.4. The second-order valence-corrected chi connectivity index (χ2v) is 7.25. The van der Waals surface area contributed by atoms with E-state index in [-0.39, 0.29) is 5.91 Å². The summed E-state index contributed by atoms with van der Waals surface area (Å²) >= 11 is 0. The predicted molar refractivity (Wildman–Crippen MR) is 114 cm³/mol. The molecule has 0 heterocycles. The predicted octanol–water partition coefficient (Wildman–Crippen LogP) is 5.67. The standard InChI is InChI=1S/C20H39NO3.C2H5N/c21-19(22)17-15-13-11-9-7-5-3-1-2-4-6-8-10-12-14-16-18-20(23)24;1-2-3/h1-18H2,(H2,21,22)(H,23,24);2H,1,3H2. The number of carbonyl (C=O) groups is 2. The second kappa shape index (κ2) is 24.5. The first-order valence-corrected chi connectivity index (χ1v) is 10.9. The molecule has 0 bridgehead atoms. The lowest BCUT2D eigenvalue weighted by atomic mass is 10.0. The van der Waals surface area contributed by atoms with Gasteiger partial charge in [-0.3, -0.25) is 9.59 Å². The Balaban J connectivity index is 0. The molecule has 0 aromatic rings. The van der Waals surface area contributed by atoms with Crippen molar-refractivity contribution in [2.75, 3.05) is 0 Å². The normalized spacial score (nSPS) is 10.1. The molecule has 0 unspecified atom stereocenters. The average Bonchev–Trinajstić information content (AvgIpc) is 2.61. The van der Waals surface area contributed by atoms with Crippen LogP contribution in [0.1, 0.15) is 116 Å². The third-order valence-corrected chi connectivity index (χ3v) is 4.56. The summed E-state index contributed by atoms with van der Waals surface area (Å²) < 4.78 is 0. The number of carboxylic acids is 1. The number of carbonyl (C=O) groups excluding carboxylic acids is 1. The summed E-state index contributed by atoms with van der Waals surface area (Å²) in [6.07, 6.45) is 21.8. The lowest BCUT2D eigenvalue weighted by Crippen LogP contribution is -2.09. The SMILES string of the molecule is C=CN.NC(=O)CCCCCCCCCCCCCCCCCCC(=O)O. The molecule has 0 atom stereocenters. The summed E-state index contributed by atoms with van der Waals surface area (Å²) in [7, 11) is 0. The van der Waals surface area contributed by atoms with E-state index < -0.39 is 5.97 Å². The number of aliphatic carboxylic acids is 1. The maximum absolute atomic E-state index is 10.6. The fourth-order valence-corrected chi connectivity index (χ4v) is 3.05. The van der Waals surface area contributed by atoms with E-state index in [1.165, 1.54) is 83.2 Å². The Bertz CT molecular complexity index is 316. The summed E-state index contributed by atoms with van der Waals surface area (Å²) in [6.45, 7) is 3.14. The van der Waals surface area contributed by atoms with E-state index >= 15 is 0 Å². The molecule has 0 saturated carbocycles. The van der Waals surface area contributed by atoms with Gasteiger partial charge in [-0.25, -0.2) is 0 Å². The largest absolute Gasteiger partial charge is 0.481 e. The molecule has 160 valence electrons. The van der Waals surface area contributed by atoms with Crippen molar-refractivity contribution in [3.8, 4) is 0 Å². The van der Waals surface area contributed by atoms with Gasteiger partial charge in [-0.2, -0.15) is 0 Å². The highest BCUT2D eigenvalue weighted by Crippen LogP contribution is 2.14. The lowest BCUT2D eigenvalue weighted by Gasteiger charge is -2.03. The third kappa shape index (κ3) is 32.6. The van der Waals surface area contributed by atoms with Crippen molar-refractivity contribution in [2.24, 2.45) is 11.5 Å². The van der Waals surface area contributed by atoms with E-state index in [0.29, 0.717) is 12.8 Å². The number of amides is 1. The zero-order valence-electron chi connectivity index (χ0n) is 17.4. The first kappa shape index (κ1) is 27.7. The van der Waals surface area contributed by atoms with Crippen LogP contribution in [-0.2, 0) is 9.59 Å². The number of primary amides is 1. The van der Waals surface area contributed by atoms with E-state index in [2.05, 4.69) is 12.3 Å². The Hall–Kier alpha value is -1.52. The molecule has 5 nitrogen and oxygen atoms in total. The van der Waals surface area contributed by atoms with Gasteiger partial charge in [0.1, 0.15) is 0 Å². The van der Waals surface area contributed by atoms with Crippen molar-refractivity contribution < 1.29 is 14.7 Å². The number of carboxylic acid groups (broad SMARTS) is 1. The molecular weight excluding hydrogens is 340 g/mol. The van der Waals surface area contributed by atoms with Gasteiger partial charge in [-0.1, -0.05) is 96.5 Å². The van der Waals surface area contributed by atoms with Gasteiger partial charge in [0.2, 0.25) is 5.91 Å². The van der Waals surface area contributed by atoms with Crippen molar-refractivity contribution in [2.45, 2.75) is 116 Å². The number of unbranched alkanes of at least 4 members (excludes halogenated alkanes) is 15. The van der Waals surface area contributed by atoms with E-state index in [4.69, 9.17) is 10.8 Å². The third-order valence-electron chi connectivity index (χ3n) is 4.56. The smallest absolute Gasteiger partial charge is 0.303 e. The van der Waals surface area contributed by atoms with Gasteiger partial charge in [0, 0.05) is 12.8 Å². The van der Waals surface area contributed by atoms with E-state index in [9.17, 15) is 9.59 Å². The molecule has 0 aliphatic rings. The average molecular weight is 385 g/mol. The molecule has 0 radical (unpaired) electrons. The minimum Gasteiger partial charge on any atom is -0.481 e. The topological polar surface area (TPSA) is 106 Å². The number of hydrogen-bond donors (Lipinski definition) is 3. The summed E-state index contributed by atoms with van der Waals surface area (Å²) in [5, 5.41) is 8.54. The van der Waals surface area contributed by atoms with Crippen LogP contribution in [0.3, 0.4) is 0 Å². The molecule has 0 rings (SSSR count). The van der Waals surface area contributed by atoms with Crippen LogP contribution in [0.5, 0.6) is 0 Å². The van der Waals surface area contributed by atoms with Gasteiger partial charge in [0.15, 0.2) is 0 Å². The first-order valence-electron chi connectivity index (χ1n) is 10.9. The van der Waals surface area contributed by atoms with Crippen LogP contribution in [0, 0.1) is 0 Å². The van der Waals surface area contributed by atoms with Crippen LogP contribution in [0.25, 0.3) is 0 Å². The highest BCUT2D eigenvalue weighted by Gasteiger charge is 1.97. The van der Waals surface area contributed by atoms with Crippen LogP contribution >= 0.6 is 0 Å². The highest BCUT2D eigenvalue weighted by atomic mass is 16.4. The Morgan fingerprint density at radius 3 is 1.07 bits per heavy atom. The van der Waals surface area contributed by atoms with Crippen LogP contribution in [0.2, 0.25) is 0 Å². The summed E-state index contributed by atoms with van der Waals surface area (Å²) in [5.41, 5.74) is 9.72. The monoisotopic (exact) mass is 384 g/mol. The van der Waals surface area contributed by atoms with Crippen LogP contribution in [0.4, 0.5) is 0 Å². The second-order valence-electron chi connectivity index (χ2n) is 7.25. The van der Waals surface area contributed by atoms with Crippen LogP contribution in [-0.4, -0.2) is 17.0 Å². The van der Waals surface area contributed by atoms with Gasteiger partial charge < -0.3 is 16.6 Å². The van der Waals surface area contributed by atoms with E-state index in [1.54, 1.807) is 0 Å². The number of nitrogens with two attached hydrogens (primary N) is 2. The molecule has 0 aliphatic heterocycles. The first-order chi connectivity index (χ1) is 13.0. The summed E-state index contributed by atoms with van der Waals surface area (Å²) in [5.74, 6) is -0.841. The molecule has 5 heteroatoms. The Morgan fingerprint density at radius 1 is 0.630 bits per heavy atom. The molecular formula is C22H44N2O3. The quantitative estimate of drug-likeness (QED) is 0.249. The maximum Gasteiger partial charge on any atom is 0.303 e. The zero-order chi connectivity index (χ0) is 20.6. The Kier molecular flexibility index (Phi) is 25.1. The van der Waals surface area contributed by atoms with Gasteiger partial charge >= 0.3 is 5.97 Å². The van der Waals surface area contributed by atoms with Crippen molar-refractivity contribution >= 4 is 11.9 Å². The minimum absolute atomic E-state index is 0.173. The molecule has 27 heavy (non-hydrogen) atoms. The molecule has 0 saturated heterocycles. The maximum atomic E-state index is 10.6. The Morgan fingerprint density at radius 2 is 0.852 bits per heavy atom. The highest BCUT2D eigenvalue weighted by molar-refractivity contribution is 5.73. The molecule has 0 aromatic carbocycles. The molecule has 0 spiro atoms. The van der Waals surface area contributed by atoms with Gasteiger partial charge in [-0.15, -0.1) is 0 Å². The fourth-order valence-electron chi connectivity index (χ4n) is 3.05. The van der Waals surface area contributed by atoms with Gasteiger partial charge in [-0.05, 0) is 19.0 Å². The van der Waals surface area contributed by atoms with Gasteiger partial charge in [0.25, 0.3) is 0 Å². The lowest BCUT2D eigenvalue weighted by molar-refractivity contribution is -0.137. The van der Waals surface area contributed by atoms with Crippen molar-refractivity contribution in [3.05, 3.63) is 12.8 Å². The number of rotatable bonds is 19. The number of hydrogen-bond acceptors (Lipinski definition) is 3. The van der Waals surface area contributed by atoms with E-state index in [1.807, 2.05) is 0 Å². The van der Waals surface area contributed by atoms with Crippen molar-refractivity contribution in [3.63, 3.8) is 0 Å². The van der Waals surface area contributed by atoms with Crippen molar-refractivity contribution in [1.82, 2.24) is 0 Å². The summed E-state index contributed by atoms with van der Waals surface area (Å²) in [6, 6.07) is 0. The minimum atomic E-state index is -0.668. The molecule has 1 amide bonds. The molecule has 5 N–H and O–H groups in total. The molecule has 0 fully saturated rings. The van der Waals surface area contributed by atoms with E-state index in [0.717, 1.165) is 25.7 Å². The van der Waals surface area contributed by atoms with Crippen molar-refractivity contribution in [1.29, 1.82) is 0 Å². The molecule has 0 aliphatic carbocycles. The Labute approximate surface area is 167 Å². The fraction of sp³-hybridized carbons (Fsp3) is 0.818. The molecule has 0 aromatic heterocycles. The van der Waals surface area contributed by atoms with Crippen LogP contribution in [0.15, 0.2) is 12.8 Å². The summed E-state index contributed by atoms with van der Waals surface area (Å²) in [4.78, 5) is 21.0. The van der Waals surface area contributed by atoms with Crippen LogP contribution < -0.4 is 11.5 Å². The van der Waals surface area contributed by atoms with Gasteiger partial charge in [0.05, 0.1) is 0 Å².